The number of hydrogen-bond acceptors (Lipinski definition) is 2. The first-order chi connectivity index (χ1) is 5.52. The molecule has 1 aromatic carbocycles. The van der Waals surface area contributed by atoms with Crippen molar-refractivity contribution >= 4 is 11.6 Å². The van der Waals surface area contributed by atoms with Crippen LogP contribution in [-0.2, 0) is 0 Å². The first kappa shape index (κ1) is 9.29. The van der Waals surface area contributed by atoms with Gasteiger partial charge in [-0.2, -0.15) is 0 Å². The lowest BCUT2D eigenvalue weighted by Crippen LogP contribution is -2.04. The van der Waals surface area contributed by atoms with Crippen LogP contribution in [0.25, 0.3) is 0 Å². The molecule has 0 aromatic heterocycles. The van der Waals surface area contributed by atoms with Crippen molar-refractivity contribution in [2.45, 2.75) is 13.0 Å². The minimum atomic E-state index is -0.805. The van der Waals surface area contributed by atoms with Crippen LogP contribution < -0.4 is 5.73 Å². The van der Waals surface area contributed by atoms with Gasteiger partial charge >= 0.3 is 0 Å². The Kier molecular flexibility index (Phi) is 2.55. The molecule has 0 radical (unpaired) electrons. The standard InChI is InChI=1S/C8H9ClFNO/c1-4(11)5-2-6(9)8(10)7(12)3-5/h2-4,12H,11H2,1H3. The van der Waals surface area contributed by atoms with E-state index >= 15 is 0 Å². The molecule has 0 spiro atoms. The Morgan fingerprint density at radius 2 is 2.17 bits per heavy atom. The van der Waals surface area contributed by atoms with Gasteiger partial charge in [0.15, 0.2) is 11.6 Å². The quantitative estimate of drug-likeness (QED) is 0.712. The van der Waals surface area contributed by atoms with Crippen LogP contribution in [0.3, 0.4) is 0 Å². The lowest BCUT2D eigenvalue weighted by Gasteiger charge is -2.07. The molecule has 0 fully saturated rings. The van der Waals surface area contributed by atoms with E-state index < -0.39 is 11.6 Å². The SMILES string of the molecule is CC(N)c1cc(O)c(F)c(Cl)c1. The summed E-state index contributed by atoms with van der Waals surface area (Å²) in [6.07, 6.45) is 0. The second-order valence-corrected chi connectivity index (χ2v) is 3.03. The molecule has 0 bridgehead atoms. The molecule has 0 aliphatic rings. The Balaban J connectivity index is 3.21. The largest absolute Gasteiger partial charge is 0.505 e. The molecule has 2 nitrogen and oxygen atoms in total. The first-order valence-electron chi connectivity index (χ1n) is 3.46. The summed E-state index contributed by atoms with van der Waals surface area (Å²) < 4.78 is 12.8. The number of phenolic OH excluding ortho intramolecular Hbond substituents is 1. The molecule has 12 heavy (non-hydrogen) atoms. The smallest absolute Gasteiger partial charge is 0.183 e. The van der Waals surface area contributed by atoms with E-state index in [-0.39, 0.29) is 11.1 Å². The molecule has 1 aromatic rings. The van der Waals surface area contributed by atoms with Crippen LogP contribution in [-0.4, -0.2) is 5.11 Å². The van der Waals surface area contributed by atoms with Crippen molar-refractivity contribution in [3.05, 3.63) is 28.5 Å². The minimum absolute atomic E-state index is 0.109. The average molecular weight is 190 g/mol. The topological polar surface area (TPSA) is 46.2 Å². The summed E-state index contributed by atoms with van der Waals surface area (Å²) in [5.41, 5.74) is 6.12. The monoisotopic (exact) mass is 189 g/mol. The van der Waals surface area contributed by atoms with Gasteiger partial charge in [0.1, 0.15) is 0 Å². The average Bonchev–Trinajstić information content (AvgIpc) is 1.99. The molecule has 0 heterocycles. The van der Waals surface area contributed by atoms with E-state index in [1.807, 2.05) is 0 Å². The maximum absolute atomic E-state index is 12.8. The predicted octanol–water partition coefficient (Wildman–Crippen LogP) is 2.20. The zero-order chi connectivity index (χ0) is 9.30. The van der Waals surface area contributed by atoms with Crippen LogP contribution in [0.1, 0.15) is 18.5 Å². The van der Waals surface area contributed by atoms with Gasteiger partial charge in [0.2, 0.25) is 0 Å². The number of phenols is 1. The van der Waals surface area contributed by atoms with E-state index in [9.17, 15) is 4.39 Å². The van der Waals surface area contributed by atoms with Crippen molar-refractivity contribution in [1.29, 1.82) is 0 Å². The van der Waals surface area contributed by atoms with Gasteiger partial charge in [-0.15, -0.1) is 0 Å². The fourth-order valence-electron chi connectivity index (χ4n) is 0.858. The van der Waals surface area contributed by atoms with Crippen molar-refractivity contribution in [3.63, 3.8) is 0 Å². The molecule has 1 atom stereocenters. The van der Waals surface area contributed by atoms with E-state index in [0.717, 1.165) is 0 Å². The van der Waals surface area contributed by atoms with Gasteiger partial charge in [-0.05, 0) is 24.6 Å². The normalized spacial score (nSPS) is 13.0. The summed E-state index contributed by atoms with van der Waals surface area (Å²) in [5, 5.41) is 8.91. The predicted molar refractivity (Wildman–Crippen MR) is 45.7 cm³/mol. The highest BCUT2D eigenvalue weighted by molar-refractivity contribution is 6.30. The summed E-state index contributed by atoms with van der Waals surface area (Å²) in [6, 6.07) is 2.40. The van der Waals surface area contributed by atoms with E-state index in [1.165, 1.54) is 12.1 Å². The maximum atomic E-state index is 12.8. The van der Waals surface area contributed by atoms with Crippen LogP contribution in [0.5, 0.6) is 5.75 Å². The minimum Gasteiger partial charge on any atom is -0.505 e. The summed E-state index contributed by atoms with van der Waals surface area (Å²) in [6.45, 7) is 1.73. The molecule has 0 aliphatic heterocycles. The zero-order valence-electron chi connectivity index (χ0n) is 6.51. The third kappa shape index (κ3) is 1.68. The Morgan fingerprint density at radius 3 is 2.58 bits per heavy atom. The highest BCUT2D eigenvalue weighted by atomic mass is 35.5. The lowest BCUT2D eigenvalue weighted by atomic mass is 10.1. The second kappa shape index (κ2) is 3.29. The number of aromatic hydroxyl groups is 1. The Labute approximate surface area is 74.8 Å². The van der Waals surface area contributed by atoms with Crippen LogP contribution in [0, 0.1) is 5.82 Å². The molecule has 66 valence electrons. The Morgan fingerprint density at radius 1 is 1.58 bits per heavy atom. The van der Waals surface area contributed by atoms with Gasteiger partial charge in [-0.3, -0.25) is 0 Å². The fourth-order valence-corrected chi connectivity index (χ4v) is 1.08. The van der Waals surface area contributed by atoms with Gasteiger partial charge in [-0.25, -0.2) is 4.39 Å². The molecular formula is C8H9ClFNO. The van der Waals surface area contributed by atoms with E-state index in [2.05, 4.69) is 0 Å². The van der Waals surface area contributed by atoms with E-state index in [0.29, 0.717) is 5.56 Å². The molecule has 1 rings (SSSR count). The lowest BCUT2D eigenvalue weighted by molar-refractivity contribution is 0.431. The van der Waals surface area contributed by atoms with Gasteiger partial charge in [0, 0.05) is 6.04 Å². The summed E-state index contributed by atoms with van der Waals surface area (Å²) >= 11 is 5.47. The number of nitrogens with two attached hydrogens (primary N) is 1. The third-order valence-corrected chi connectivity index (χ3v) is 1.83. The summed E-state index contributed by atoms with van der Waals surface area (Å²) in [7, 11) is 0. The Hall–Kier alpha value is -0.800. The first-order valence-corrected chi connectivity index (χ1v) is 3.83. The second-order valence-electron chi connectivity index (χ2n) is 2.62. The highest BCUT2D eigenvalue weighted by Gasteiger charge is 2.09. The van der Waals surface area contributed by atoms with Crippen LogP contribution >= 0.6 is 11.6 Å². The molecule has 0 aliphatic carbocycles. The molecule has 3 N–H and O–H groups in total. The third-order valence-electron chi connectivity index (χ3n) is 1.56. The number of rotatable bonds is 1. The molecule has 0 saturated heterocycles. The molecule has 0 amide bonds. The zero-order valence-corrected chi connectivity index (χ0v) is 7.27. The molecule has 0 saturated carbocycles. The van der Waals surface area contributed by atoms with E-state index in [1.54, 1.807) is 6.92 Å². The summed E-state index contributed by atoms with van der Waals surface area (Å²) in [4.78, 5) is 0. The van der Waals surface area contributed by atoms with Gasteiger partial charge < -0.3 is 10.8 Å². The molecular weight excluding hydrogens is 181 g/mol. The van der Waals surface area contributed by atoms with Crippen molar-refractivity contribution in [2.24, 2.45) is 5.73 Å². The van der Waals surface area contributed by atoms with Crippen LogP contribution in [0.2, 0.25) is 5.02 Å². The van der Waals surface area contributed by atoms with Crippen molar-refractivity contribution < 1.29 is 9.50 Å². The van der Waals surface area contributed by atoms with Gasteiger partial charge in [-0.1, -0.05) is 11.6 Å². The van der Waals surface area contributed by atoms with Crippen LogP contribution in [0.15, 0.2) is 12.1 Å². The molecule has 1 unspecified atom stereocenters. The maximum Gasteiger partial charge on any atom is 0.183 e. The van der Waals surface area contributed by atoms with Crippen molar-refractivity contribution in [3.8, 4) is 5.75 Å². The number of halogens is 2. The van der Waals surface area contributed by atoms with Crippen molar-refractivity contribution in [2.75, 3.05) is 0 Å². The van der Waals surface area contributed by atoms with E-state index in [4.69, 9.17) is 22.4 Å². The summed E-state index contributed by atoms with van der Waals surface area (Å²) in [5.74, 6) is -1.27. The fraction of sp³-hybridized carbons (Fsp3) is 0.250. The van der Waals surface area contributed by atoms with Gasteiger partial charge in [0.05, 0.1) is 5.02 Å². The van der Waals surface area contributed by atoms with Crippen LogP contribution in [0.4, 0.5) is 4.39 Å². The Bertz CT molecular complexity index is 278. The van der Waals surface area contributed by atoms with Crippen molar-refractivity contribution in [1.82, 2.24) is 0 Å². The molecule has 4 heteroatoms. The highest BCUT2D eigenvalue weighted by Crippen LogP contribution is 2.27. The van der Waals surface area contributed by atoms with Gasteiger partial charge in [0.25, 0.3) is 0 Å². The number of benzene rings is 1. The number of hydrogen-bond donors (Lipinski definition) is 2.